The minimum absolute atomic E-state index is 0.00921. The first kappa shape index (κ1) is 13.4. The van der Waals surface area contributed by atoms with Gasteiger partial charge in [0.25, 0.3) is 0 Å². The van der Waals surface area contributed by atoms with E-state index < -0.39 is 5.97 Å². The molecule has 0 bridgehead atoms. The number of carbonyl (C=O) groups excluding carboxylic acids is 1. The van der Waals surface area contributed by atoms with Crippen LogP contribution in [0.3, 0.4) is 0 Å². The normalized spacial score (nSPS) is 11.9. The van der Waals surface area contributed by atoms with Crippen LogP contribution in [0.15, 0.2) is 5.38 Å². The molecule has 0 fully saturated rings. The fraction of sp³-hybridized carbons (Fsp3) is 0.500. The highest BCUT2D eigenvalue weighted by atomic mass is 32.1. The minimum Gasteiger partial charge on any atom is -0.476 e. The second-order valence-corrected chi connectivity index (χ2v) is 4.45. The van der Waals surface area contributed by atoms with Crippen LogP contribution < -0.4 is 5.32 Å². The summed E-state index contributed by atoms with van der Waals surface area (Å²) in [4.78, 5) is 27.7. The van der Waals surface area contributed by atoms with E-state index in [1.807, 2.05) is 6.92 Å². The zero-order chi connectivity index (χ0) is 13.0. The molecule has 0 aliphatic carbocycles. The number of nitrogens with one attached hydrogen (secondary N) is 1. The number of hydrogen-bond donors (Lipinski definition) is 2. The number of rotatable bonds is 4. The lowest BCUT2D eigenvalue weighted by Gasteiger charge is -2.18. The SMILES string of the molecule is CCN(C)C(=O)NC(C)c1nc(C(=O)O)cs1. The van der Waals surface area contributed by atoms with Gasteiger partial charge in [-0.1, -0.05) is 0 Å². The van der Waals surface area contributed by atoms with Gasteiger partial charge in [0.1, 0.15) is 5.01 Å². The molecule has 1 aromatic heterocycles. The van der Waals surface area contributed by atoms with Crippen LogP contribution in [-0.2, 0) is 0 Å². The zero-order valence-corrected chi connectivity index (χ0v) is 10.7. The maximum absolute atomic E-state index is 11.6. The van der Waals surface area contributed by atoms with Gasteiger partial charge >= 0.3 is 12.0 Å². The second-order valence-electron chi connectivity index (χ2n) is 3.56. The van der Waals surface area contributed by atoms with Crippen LogP contribution in [0.5, 0.6) is 0 Å². The third-order valence-corrected chi connectivity index (χ3v) is 3.30. The Balaban J connectivity index is 2.66. The van der Waals surface area contributed by atoms with Crippen LogP contribution in [0.4, 0.5) is 4.79 Å². The van der Waals surface area contributed by atoms with Crippen LogP contribution in [0.2, 0.25) is 0 Å². The largest absolute Gasteiger partial charge is 0.476 e. The summed E-state index contributed by atoms with van der Waals surface area (Å²) in [5, 5.41) is 13.5. The van der Waals surface area contributed by atoms with Crippen LogP contribution in [0, 0.1) is 0 Å². The summed E-state index contributed by atoms with van der Waals surface area (Å²) >= 11 is 1.22. The second kappa shape index (κ2) is 5.62. The molecule has 7 heteroatoms. The lowest BCUT2D eigenvalue weighted by molar-refractivity contribution is 0.0691. The molecular weight excluding hydrogens is 242 g/mol. The van der Waals surface area contributed by atoms with E-state index in [1.165, 1.54) is 21.6 Å². The van der Waals surface area contributed by atoms with Crippen molar-refractivity contribution in [2.45, 2.75) is 19.9 Å². The van der Waals surface area contributed by atoms with Crippen LogP contribution >= 0.6 is 11.3 Å². The van der Waals surface area contributed by atoms with Gasteiger partial charge in [0.15, 0.2) is 5.69 Å². The monoisotopic (exact) mass is 257 g/mol. The topological polar surface area (TPSA) is 82.5 Å². The van der Waals surface area contributed by atoms with E-state index in [0.29, 0.717) is 11.6 Å². The number of amides is 2. The molecule has 1 atom stereocenters. The van der Waals surface area contributed by atoms with Gasteiger partial charge < -0.3 is 15.3 Å². The average Bonchev–Trinajstić information content (AvgIpc) is 2.77. The van der Waals surface area contributed by atoms with Gasteiger partial charge in [0.05, 0.1) is 6.04 Å². The Morgan fingerprint density at radius 2 is 2.29 bits per heavy atom. The van der Waals surface area contributed by atoms with Crippen molar-refractivity contribution in [1.82, 2.24) is 15.2 Å². The van der Waals surface area contributed by atoms with Gasteiger partial charge in [0.2, 0.25) is 0 Å². The van der Waals surface area contributed by atoms with Gasteiger partial charge in [0, 0.05) is 19.0 Å². The first-order valence-electron chi connectivity index (χ1n) is 5.16. The Hall–Kier alpha value is -1.63. The van der Waals surface area contributed by atoms with Gasteiger partial charge in [-0.25, -0.2) is 14.6 Å². The van der Waals surface area contributed by atoms with E-state index in [1.54, 1.807) is 14.0 Å². The van der Waals surface area contributed by atoms with Crippen molar-refractivity contribution in [3.63, 3.8) is 0 Å². The molecule has 0 aliphatic heterocycles. The number of urea groups is 1. The molecule has 1 aromatic rings. The average molecular weight is 257 g/mol. The number of nitrogens with zero attached hydrogens (tertiary/aromatic N) is 2. The Labute approximate surface area is 103 Å². The van der Waals surface area contributed by atoms with Crippen molar-refractivity contribution in [3.8, 4) is 0 Å². The Morgan fingerprint density at radius 3 is 2.76 bits per heavy atom. The molecule has 1 rings (SSSR count). The molecular formula is C10H15N3O3S. The van der Waals surface area contributed by atoms with E-state index in [0.717, 1.165) is 0 Å². The minimum atomic E-state index is -1.06. The molecule has 0 aliphatic rings. The molecule has 0 aromatic carbocycles. The number of carbonyl (C=O) groups is 2. The molecule has 0 spiro atoms. The van der Waals surface area contributed by atoms with Crippen molar-refractivity contribution < 1.29 is 14.7 Å². The summed E-state index contributed by atoms with van der Waals surface area (Å²) in [6.07, 6.45) is 0. The Morgan fingerprint density at radius 1 is 1.65 bits per heavy atom. The summed E-state index contributed by atoms with van der Waals surface area (Å²) in [7, 11) is 1.69. The first-order valence-corrected chi connectivity index (χ1v) is 6.04. The highest BCUT2D eigenvalue weighted by Gasteiger charge is 2.17. The number of carboxylic acids is 1. The standard InChI is InChI=1S/C10H15N3O3S/c1-4-13(3)10(16)11-6(2)8-12-7(5-17-8)9(14)15/h5-6H,4H2,1-3H3,(H,11,16)(H,14,15). The van der Waals surface area contributed by atoms with Crippen LogP contribution in [0.1, 0.15) is 35.4 Å². The lowest BCUT2D eigenvalue weighted by atomic mass is 10.3. The van der Waals surface area contributed by atoms with Crippen molar-refractivity contribution in [2.75, 3.05) is 13.6 Å². The molecule has 0 saturated carbocycles. The summed E-state index contributed by atoms with van der Waals surface area (Å²) in [6.45, 7) is 4.25. The highest BCUT2D eigenvalue weighted by Crippen LogP contribution is 2.18. The van der Waals surface area contributed by atoms with Gasteiger partial charge in [-0.05, 0) is 13.8 Å². The molecule has 1 heterocycles. The van der Waals surface area contributed by atoms with E-state index in [9.17, 15) is 9.59 Å². The predicted octanol–water partition coefficient (Wildman–Crippen LogP) is 1.56. The summed E-state index contributed by atoms with van der Waals surface area (Å²) < 4.78 is 0. The quantitative estimate of drug-likeness (QED) is 0.857. The molecule has 1 unspecified atom stereocenters. The van der Waals surface area contributed by atoms with E-state index >= 15 is 0 Å². The van der Waals surface area contributed by atoms with Crippen molar-refractivity contribution in [2.24, 2.45) is 0 Å². The fourth-order valence-corrected chi connectivity index (χ4v) is 1.89. The Bertz CT molecular complexity index is 419. The smallest absolute Gasteiger partial charge is 0.355 e. The lowest BCUT2D eigenvalue weighted by Crippen LogP contribution is -2.38. The number of aromatic carboxylic acids is 1. The van der Waals surface area contributed by atoms with Gasteiger partial charge in [-0.3, -0.25) is 0 Å². The molecule has 17 heavy (non-hydrogen) atoms. The number of carboxylic acid groups (broad SMARTS) is 1. The maximum Gasteiger partial charge on any atom is 0.355 e. The predicted molar refractivity (Wildman–Crippen MR) is 64.3 cm³/mol. The van der Waals surface area contributed by atoms with E-state index in [2.05, 4.69) is 10.3 Å². The van der Waals surface area contributed by atoms with Crippen molar-refractivity contribution in [3.05, 3.63) is 16.1 Å². The zero-order valence-electron chi connectivity index (χ0n) is 9.93. The molecule has 2 N–H and O–H groups in total. The van der Waals surface area contributed by atoms with E-state index in [4.69, 9.17) is 5.11 Å². The summed E-state index contributed by atoms with van der Waals surface area (Å²) in [5.41, 5.74) is 0.00921. The number of aromatic nitrogens is 1. The summed E-state index contributed by atoms with van der Waals surface area (Å²) in [5.74, 6) is -1.06. The number of hydrogen-bond acceptors (Lipinski definition) is 4. The van der Waals surface area contributed by atoms with Crippen LogP contribution in [-0.4, -0.2) is 40.6 Å². The molecule has 0 radical (unpaired) electrons. The van der Waals surface area contributed by atoms with E-state index in [-0.39, 0.29) is 17.8 Å². The fourth-order valence-electron chi connectivity index (χ4n) is 1.09. The third kappa shape index (κ3) is 3.42. The number of thiazole rings is 1. The summed E-state index contributed by atoms with van der Waals surface area (Å²) in [6, 6.07) is -0.498. The third-order valence-electron chi connectivity index (χ3n) is 2.27. The highest BCUT2D eigenvalue weighted by molar-refractivity contribution is 7.09. The van der Waals surface area contributed by atoms with Crippen molar-refractivity contribution in [1.29, 1.82) is 0 Å². The molecule has 94 valence electrons. The maximum atomic E-state index is 11.6. The van der Waals surface area contributed by atoms with Crippen LogP contribution in [0.25, 0.3) is 0 Å². The van der Waals surface area contributed by atoms with Gasteiger partial charge in [-0.15, -0.1) is 11.3 Å². The molecule has 0 saturated heterocycles. The van der Waals surface area contributed by atoms with Crippen molar-refractivity contribution >= 4 is 23.3 Å². The van der Waals surface area contributed by atoms with Gasteiger partial charge in [-0.2, -0.15) is 0 Å². The molecule has 2 amide bonds. The molecule has 6 nitrogen and oxygen atoms in total. The first-order chi connectivity index (χ1) is 7.95. The Kier molecular flexibility index (Phi) is 4.45.